The van der Waals surface area contributed by atoms with Crippen molar-refractivity contribution in [2.24, 2.45) is 11.1 Å². The van der Waals surface area contributed by atoms with Crippen molar-refractivity contribution in [1.29, 1.82) is 0 Å². The Kier molecular flexibility index (Phi) is 3.36. The molecule has 6 heteroatoms. The number of furan rings is 1. The van der Waals surface area contributed by atoms with Gasteiger partial charge in [0.25, 0.3) is 0 Å². The van der Waals surface area contributed by atoms with Gasteiger partial charge in [0.1, 0.15) is 17.1 Å². The molecule has 1 amide bonds. The standard InChI is InChI=1S/C13H18N2O4/c1-8-10(11(16)17)5-9(19-8)6-15-4-3-13(2,7-15)12(14)18/h5H,3-4,6-7H2,1-2H3,(H2,14,18)(H,16,17). The number of aryl methyl sites for hydroxylation is 1. The van der Waals surface area contributed by atoms with Gasteiger partial charge >= 0.3 is 5.97 Å². The zero-order chi connectivity index (χ0) is 14.2. The van der Waals surface area contributed by atoms with E-state index in [0.717, 1.165) is 6.54 Å². The third-order valence-electron chi connectivity index (χ3n) is 3.73. The Labute approximate surface area is 111 Å². The van der Waals surface area contributed by atoms with Crippen LogP contribution in [-0.2, 0) is 11.3 Å². The van der Waals surface area contributed by atoms with Crippen LogP contribution in [0.4, 0.5) is 0 Å². The lowest BCUT2D eigenvalue weighted by atomic mass is 9.89. The number of amides is 1. The molecule has 0 radical (unpaired) electrons. The topological polar surface area (TPSA) is 96.8 Å². The predicted molar refractivity (Wildman–Crippen MR) is 67.6 cm³/mol. The number of hydrogen-bond donors (Lipinski definition) is 2. The first-order valence-electron chi connectivity index (χ1n) is 6.17. The lowest BCUT2D eigenvalue weighted by Gasteiger charge is -2.20. The second kappa shape index (κ2) is 4.70. The SMILES string of the molecule is Cc1oc(CN2CCC(C)(C(N)=O)C2)cc1C(=O)O. The average molecular weight is 266 g/mol. The van der Waals surface area contributed by atoms with Crippen molar-refractivity contribution in [2.45, 2.75) is 26.8 Å². The molecule has 3 N–H and O–H groups in total. The summed E-state index contributed by atoms with van der Waals surface area (Å²) in [5.41, 5.74) is 5.07. The number of nitrogens with zero attached hydrogens (tertiary/aromatic N) is 1. The van der Waals surface area contributed by atoms with Gasteiger partial charge in [-0.25, -0.2) is 4.79 Å². The van der Waals surface area contributed by atoms with E-state index < -0.39 is 11.4 Å². The van der Waals surface area contributed by atoms with E-state index in [4.69, 9.17) is 15.3 Å². The molecule has 0 aliphatic carbocycles. The molecule has 1 fully saturated rings. The first-order valence-corrected chi connectivity index (χ1v) is 6.17. The predicted octanol–water partition coefficient (Wildman–Crippen LogP) is 0.984. The Hall–Kier alpha value is -1.82. The van der Waals surface area contributed by atoms with Crippen molar-refractivity contribution in [1.82, 2.24) is 4.90 Å². The number of carbonyl (C=O) groups is 2. The highest BCUT2D eigenvalue weighted by Gasteiger charge is 2.38. The van der Waals surface area contributed by atoms with E-state index in [2.05, 4.69) is 4.90 Å². The fraction of sp³-hybridized carbons (Fsp3) is 0.538. The van der Waals surface area contributed by atoms with Gasteiger partial charge in [-0.15, -0.1) is 0 Å². The second-order valence-electron chi connectivity index (χ2n) is 5.37. The van der Waals surface area contributed by atoms with Crippen molar-refractivity contribution >= 4 is 11.9 Å². The molecule has 0 saturated carbocycles. The first-order chi connectivity index (χ1) is 8.82. The van der Waals surface area contributed by atoms with Crippen molar-refractivity contribution in [3.63, 3.8) is 0 Å². The minimum Gasteiger partial charge on any atom is -0.478 e. The summed E-state index contributed by atoms with van der Waals surface area (Å²) in [4.78, 5) is 24.3. The average Bonchev–Trinajstić information content (AvgIpc) is 2.84. The molecular formula is C13H18N2O4. The van der Waals surface area contributed by atoms with Crippen LogP contribution >= 0.6 is 0 Å². The molecule has 2 heterocycles. The molecule has 0 spiro atoms. The molecule has 0 bridgehead atoms. The molecule has 1 aliphatic heterocycles. The van der Waals surface area contributed by atoms with E-state index in [9.17, 15) is 9.59 Å². The van der Waals surface area contributed by atoms with Crippen LogP contribution < -0.4 is 5.73 Å². The molecule has 6 nitrogen and oxygen atoms in total. The largest absolute Gasteiger partial charge is 0.478 e. The van der Waals surface area contributed by atoms with Crippen LogP contribution in [0.25, 0.3) is 0 Å². The summed E-state index contributed by atoms with van der Waals surface area (Å²) in [6.45, 7) is 5.30. The minimum absolute atomic E-state index is 0.187. The lowest BCUT2D eigenvalue weighted by molar-refractivity contribution is -0.126. The molecule has 1 saturated heterocycles. The second-order valence-corrected chi connectivity index (χ2v) is 5.37. The molecule has 1 unspecified atom stereocenters. The first kappa shape index (κ1) is 13.6. The maximum absolute atomic E-state index is 11.4. The number of aromatic carboxylic acids is 1. The molecule has 19 heavy (non-hydrogen) atoms. The Morgan fingerprint density at radius 2 is 2.26 bits per heavy atom. The number of likely N-dealkylation sites (tertiary alicyclic amines) is 1. The van der Waals surface area contributed by atoms with Gasteiger partial charge in [-0.05, 0) is 32.9 Å². The maximum atomic E-state index is 11.4. The van der Waals surface area contributed by atoms with Crippen LogP contribution in [0, 0.1) is 12.3 Å². The summed E-state index contributed by atoms with van der Waals surface area (Å²) in [6, 6.07) is 1.54. The van der Waals surface area contributed by atoms with Gasteiger partial charge in [-0.3, -0.25) is 9.69 Å². The third-order valence-corrected chi connectivity index (χ3v) is 3.73. The van der Waals surface area contributed by atoms with E-state index in [1.807, 2.05) is 6.92 Å². The molecule has 104 valence electrons. The third kappa shape index (κ3) is 2.63. The molecule has 1 aromatic heterocycles. The van der Waals surface area contributed by atoms with E-state index >= 15 is 0 Å². The van der Waals surface area contributed by atoms with Gasteiger partial charge in [0.2, 0.25) is 5.91 Å². The quantitative estimate of drug-likeness (QED) is 0.846. The van der Waals surface area contributed by atoms with Gasteiger partial charge in [0.15, 0.2) is 0 Å². The summed E-state index contributed by atoms with van der Waals surface area (Å²) >= 11 is 0. The number of carboxylic acids is 1. The molecule has 2 rings (SSSR count). The normalized spacial score (nSPS) is 23.7. The summed E-state index contributed by atoms with van der Waals surface area (Å²) < 4.78 is 5.43. The Morgan fingerprint density at radius 1 is 1.58 bits per heavy atom. The van der Waals surface area contributed by atoms with Gasteiger partial charge in [0.05, 0.1) is 12.0 Å². The zero-order valence-electron chi connectivity index (χ0n) is 11.1. The number of nitrogens with two attached hydrogens (primary N) is 1. The maximum Gasteiger partial charge on any atom is 0.339 e. The van der Waals surface area contributed by atoms with Crippen LogP contribution in [0.2, 0.25) is 0 Å². The monoisotopic (exact) mass is 266 g/mol. The zero-order valence-corrected chi connectivity index (χ0v) is 11.1. The highest BCUT2D eigenvalue weighted by atomic mass is 16.4. The van der Waals surface area contributed by atoms with E-state index in [0.29, 0.717) is 31.0 Å². The Bertz CT molecular complexity index is 523. The number of carbonyl (C=O) groups excluding carboxylic acids is 1. The van der Waals surface area contributed by atoms with E-state index in [1.54, 1.807) is 6.92 Å². The van der Waals surface area contributed by atoms with Gasteiger partial charge < -0.3 is 15.3 Å². The summed E-state index contributed by atoms with van der Waals surface area (Å²) in [6.07, 6.45) is 0.716. The Balaban J connectivity index is 2.05. The summed E-state index contributed by atoms with van der Waals surface area (Å²) in [7, 11) is 0. The van der Waals surface area contributed by atoms with Crippen LogP contribution in [0.15, 0.2) is 10.5 Å². The van der Waals surface area contributed by atoms with Crippen molar-refractivity contribution in [3.8, 4) is 0 Å². The van der Waals surface area contributed by atoms with E-state index in [-0.39, 0.29) is 11.5 Å². The molecule has 1 aliphatic rings. The van der Waals surface area contributed by atoms with Crippen LogP contribution in [0.5, 0.6) is 0 Å². The number of primary amides is 1. The number of carboxylic acid groups (broad SMARTS) is 1. The van der Waals surface area contributed by atoms with E-state index in [1.165, 1.54) is 6.07 Å². The molecule has 1 atom stereocenters. The van der Waals surface area contributed by atoms with Crippen molar-refractivity contribution in [2.75, 3.05) is 13.1 Å². The minimum atomic E-state index is -0.990. The fourth-order valence-corrected chi connectivity index (χ4v) is 2.45. The van der Waals surface area contributed by atoms with Crippen molar-refractivity contribution in [3.05, 3.63) is 23.2 Å². The Morgan fingerprint density at radius 3 is 2.74 bits per heavy atom. The number of hydrogen-bond acceptors (Lipinski definition) is 4. The van der Waals surface area contributed by atoms with Gasteiger partial charge in [-0.1, -0.05) is 0 Å². The lowest BCUT2D eigenvalue weighted by Crippen LogP contribution is -2.36. The summed E-state index contributed by atoms with van der Waals surface area (Å²) in [5.74, 6) is -0.282. The van der Waals surface area contributed by atoms with Gasteiger partial charge in [0, 0.05) is 6.54 Å². The van der Waals surface area contributed by atoms with Crippen LogP contribution in [0.3, 0.4) is 0 Å². The summed E-state index contributed by atoms with van der Waals surface area (Å²) in [5, 5.41) is 8.96. The number of rotatable bonds is 4. The van der Waals surface area contributed by atoms with Crippen LogP contribution in [-0.4, -0.2) is 35.0 Å². The van der Waals surface area contributed by atoms with Crippen LogP contribution in [0.1, 0.15) is 35.2 Å². The van der Waals surface area contributed by atoms with Crippen molar-refractivity contribution < 1.29 is 19.1 Å². The molecule has 1 aromatic rings. The highest BCUT2D eigenvalue weighted by Crippen LogP contribution is 2.30. The smallest absolute Gasteiger partial charge is 0.339 e. The molecular weight excluding hydrogens is 248 g/mol. The highest BCUT2D eigenvalue weighted by molar-refractivity contribution is 5.88. The molecule has 0 aromatic carbocycles. The fourth-order valence-electron chi connectivity index (χ4n) is 2.45. The van der Waals surface area contributed by atoms with Gasteiger partial charge in [-0.2, -0.15) is 0 Å².